The number of aromatic nitrogens is 1. The smallest absolute Gasteiger partial charge is 0.220 e. The molecule has 0 amide bonds. The summed E-state index contributed by atoms with van der Waals surface area (Å²) in [4.78, 5) is 0. The lowest BCUT2D eigenvalue weighted by Gasteiger charge is -2.28. The van der Waals surface area contributed by atoms with Crippen molar-refractivity contribution in [2.45, 2.75) is 18.8 Å². The highest BCUT2D eigenvalue weighted by atomic mass is 32.2. The van der Waals surface area contributed by atoms with E-state index < -0.39 is 16.1 Å². The van der Waals surface area contributed by atoms with Crippen LogP contribution >= 0.6 is 0 Å². The molecule has 1 aromatic heterocycles. The van der Waals surface area contributed by atoms with Crippen molar-refractivity contribution < 1.29 is 17.7 Å². The molecule has 1 atom stereocenters. The SMILES string of the molecule is Cc1cc(CS(=O)(=O)N2CCOC(C#N)C2)no1. The zero-order valence-corrected chi connectivity index (χ0v) is 10.7. The maximum Gasteiger partial charge on any atom is 0.220 e. The van der Waals surface area contributed by atoms with E-state index in [1.54, 1.807) is 13.0 Å². The van der Waals surface area contributed by atoms with Crippen molar-refractivity contribution in [2.24, 2.45) is 0 Å². The second-order valence-corrected chi connectivity index (χ2v) is 6.00. The summed E-state index contributed by atoms with van der Waals surface area (Å²) >= 11 is 0. The molecule has 2 heterocycles. The lowest BCUT2D eigenvalue weighted by atomic mass is 10.3. The summed E-state index contributed by atoms with van der Waals surface area (Å²) in [6.45, 7) is 2.26. The maximum absolute atomic E-state index is 12.1. The third-order valence-corrected chi connectivity index (χ3v) is 4.35. The van der Waals surface area contributed by atoms with Crippen LogP contribution in [-0.4, -0.2) is 43.7 Å². The van der Waals surface area contributed by atoms with Crippen molar-refractivity contribution in [3.05, 3.63) is 17.5 Å². The van der Waals surface area contributed by atoms with E-state index in [2.05, 4.69) is 5.16 Å². The van der Waals surface area contributed by atoms with Crippen LogP contribution in [0.5, 0.6) is 0 Å². The molecular formula is C10H13N3O4S. The number of hydrogen-bond acceptors (Lipinski definition) is 6. The van der Waals surface area contributed by atoms with Gasteiger partial charge in [0.25, 0.3) is 0 Å². The summed E-state index contributed by atoms with van der Waals surface area (Å²) in [5, 5.41) is 12.4. The monoisotopic (exact) mass is 271 g/mol. The molecule has 1 saturated heterocycles. The van der Waals surface area contributed by atoms with Crippen LogP contribution in [0.3, 0.4) is 0 Å². The fraction of sp³-hybridized carbons (Fsp3) is 0.600. The standard InChI is InChI=1S/C10H13N3O4S/c1-8-4-9(12-17-8)7-18(14,15)13-2-3-16-10(5-11)6-13/h4,10H,2-3,6-7H2,1H3. The molecule has 1 fully saturated rings. The van der Waals surface area contributed by atoms with Gasteiger partial charge in [0.05, 0.1) is 19.2 Å². The summed E-state index contributed by atoms with van der Waals surface area (Å²) in [6, 6.07) is 3.49. The minimum Gasteiger partial charge on any atom is -0.361 e. The van der Waals surface area contributed by atoms with Gasteiger partial charge in [-0.1, -0.05) is 5.16 Å². The highest BCUT2D eigenvalue weighted by molar-refractivity contribution is 7.88. The van der Waals surface area contributed by atoms with Crippen molar-refractivity contribution in [3.8, 4) is 6.07 Å². The third kappa shape index (κ3) is 2.87. The zero-order chi connectivity index (χ0) is 13.2. The largest absolute Gasteiger partial charge is 0.361 e. The van der Waals surface area contributed by atoms with Crippen LogP contribution in [0, 0.1) is 18.3 Å². The van der Waals surface area contributed by atoms with Crippen molar-refractivity contribution in [2.75, 3.05) is 19.7 Å². The minimum atomic E-state index is -3.49. The molecule has 1 aliphatic rings. The first kappa shape index (κ1) is 13.0. The number of morpholine rings is 1. The molecule has 0 aliphatic carbocycles. The predicted octanol–water partition coefficient (Wildman–Crippen LogP) is 0.0372. The summed E-state index contributed by atoms with van der Waals surface area (Å²) in [5.74, 6) is 0.347. The second kappa shape index (κ2) is 5.06. The van der Waals surface area contributed by atoms with Crippen molar-refractivity contribution in [1.29, 1.82) is 5.26 Å². The molecule has 8 heteroatoms. The maximum atomic E-state index is 12.1. The Labute approximate surface area is 105 Å². The molecule has 0 aromatic carbocycles. The quantitative estimate of drug-likeness (QED) is 0.770. The molecule has 98 valence electrons. The molecule has 0 bridgehead atoms. The Morgan fingerprint density at radius 3 is 3.06 bits per heavy atom. The van der Waals surface area contributed by atoms with E-state index in [1.807, 2.05) is 6.07 Å². The molecular weight excluding hydrogens is 258 g/mol. The number of sulfonamides is 1. The number of nitriles is 1. The molecule has 1 aliphatic heterocycles. The van der Waals surface area contributed by atoms with Gasteiger partial charge in [0.1, 0.15) is 17.2 Å². The van der Waals surface area contributed by atoms with Crippen LogP contribution in [0.25, 0.3) is 0 Å². The average Bonchev–Trinajstić information content (AvgIpc) is 2.74. The predicted molar refractivity (Wildman–Crippen MR) is 60.8 cm³/mol. The van der Waals surface area contributed by atoms with E-state index in [0.717, 1.165) is 0 Å². The number of rotatable bonds is 3. The fourth-order valence-corrected chi connectivity index (χ4v) is 3.13. The molecule has 1 aromatic rings. The van der Waals surface area contributed by atoms with Gasteiger partial charge in [0, 0.05) is 12.6 Å². The highest BCUT2D eigenvalue weighted by Crippen LogP contribution is 2.14. The van der Waals surface area contributed by atoms with E-state index in [9.17, 15) is 8.42 Å². The molecule has 1 unspecified atom stereocenters. The molecule has 7 nitrogen and oxygen atoms in total. The first-order valence-electron chi connectivity index (χ1n) is 5.42. The van der Waals surface area contributed by atoms with Gasteiger partial charge in [-0.15, -0.1) is 0 Å². The van der Waals surface area contributed by atoms with Crippen LogP contribution in [0.2, 0.25) is 0 Å². The van der Waals surface area contributed by atoms with E-state index in [0.29, 0.717) is 11.5 Å². The third-order valence-electron chi connectivity index (χ3n) is 2.57. The molecule has 18 heavy (non-hydrogen) atoms. The van der Waals surface area contributed by atoms with Crippen LogP contribution in [0.4, 0.5) is 0 Å². The Balaban J connectivity index is 2.09. The lowest BCUT2D eigenvalue weighted by molar-refractivity contribution is 0.0311. The Hall–Kier alpha value is -1.43. The molecule has 0 saturated carbocycles. The van der Waals surface area contributed by atoms with Crippen LogP contribution < -0.4 is 0 Å². The van der Waals surface area contributed by atoms with Gasteiger partial charge in [0.15, 0.2) is 6.10 Å². The Bertz CT molecular complexity index is 560. The summed E-state index contributed by atoms with van der Waals surface area (Å²) < 4.78 is 35.4. The average molecular weight is 271 g/mol. The lowest BCUT2D eigenvalue weighted by Crippen LogP contribution is -2.45. The van der Waals surface area contributed by atoms with Gasteiger partial charge in [-0.3, -0.25) is 0 Å². The normalized spacial score (nSPS) is 21.7. The van der Waals surface area contributed by atoms with E-state index in [-0.39, 0.29) is 25.4 Å². The van der Waals surface area contributed by atoms with Crippen LogP contribution in [-0.2, 0) is 20.5 Å². The molecule has 0 radical (unpaired) electrons. The zero-order valence-electron chi connectivity index (χ0n) is 9.87. The van der Waals surface area contributed by atoms with Gasteiger partial charge in [-0.2, -0.15) is 9.57 Å². The van der Waals surface area contributed by atoms with Gasteiger partial charge >= 0.3 is 0 Å². The molecule has 2 rings (SSSR count). The second-order valence-electron chi connectivity index (χ2n) is 4.03. The number of ether oxygens (including phenoxy) is 1. The number of hydrogen-bond donors (Lipinski definition) is 0. The number of nitrogens with zero attached hydrogens (tertiary/aromatic N) is 3. The minimum absolute atomic E-state index is 0.0651. The Morgan fingerprint density at radius 2 is 2.44 bits per heavy atom. The van der Waals surface area contributed by atoms with Crippen LogP contribution in [0.1, 0.15) is 11.5 Å². The summed E-state index contributed by atoms with van der Waals surface area (Å²) in [5.41, 5.74) is 0.368. The van der Waals surface area contributed by atoms with Gasteiger partial charge in [-0.05, 0) is 6.92 Å². The van der Waals surface area contributed by atoms with Crippen molar-refractivity contribution in [3.63, 3.8) is 0 Å². The Kier molecular flexibility index (Phi) is 3.65. The van der Waals surface area contributed by atoms with Gasteiger partial charge < -0.3 is 9.26 Å². The first-order chi connectivity index (χ1) is 8.51. The Morgan fingerprint density at radius 1 is 1.67 bits per heavy atom. The van der Waals surface area contributed by atoms with Crippen molar-refractivity contribution in [1.82, 2.24) is 9.46 Å². The molecule has 0 N–H and O–H groups in total. The van der Waals surface area contributed by atoms with Gasteiger partial charge in [-0.25, -0.2) is 8.42 Å². The highest BCUT2D eigenvalue weighted by Gasteiger charge is 2.30. The van der Waals surface area contributed by atoms with E-state index >= 15 is 0 Å². The first-order valence-corrected chi connectivity index (χ1v) is 7.03. The van der Waals surface area contributed by atoms with Crippen molar-refractivity contribution >= 4 is 10.0 Å². The summed E-state index contributed by atoms with van der Waals surface area (Å²) in [7, 11) is -3.49. The molecule has 0 spiro atoms. The summed E-state index contributed by atoms with van der Waals surface area (Å²) in [6.07, 6.45) is -0.701. The van der Waals surface area contributed by atoms with E-state index in [4.69, 9.17) is 14.5 Å². The van der Waals surface area contributed by atoms with E-state index in [1.165, 1.54) is 4.31 Å². The fourth-order valence-electron chi connectivity index (χ4n) is 1.72. The topological polar surface area (TPSA) is 96.4 Å². The van der Waals surface area contributed by atoms with Crippen LogP contribution in [0.15, 0.2) is 10.6 Å². The van der Waals surface area contributed by atoms with Gasteiger partial charge in [0.2, 0.25) is 10.0 Å². The number of aryl methyl sites for hydroxylation is 1.